The van der Waals surface area contributed by atoms with Crippen LogP contribution in [0.1, 0.15) is 33.3 Å². The minimum Gasteiger partial charge on any atom is -0.381 e. The van der Waals surface area contributed by atoms with Gasteiger partial charge in [-0.2, -0.15) is 5.26 Å². The van der Waals surface area contributed by atoms with E-state index < -0.39 is 5.60 Å². The molecule has 0 spiro atoms. The molecule has 1 aliphatic rings. The van der Waals surface area contributed by atoms with Crippen molar-refractivity contribution in [2.45, 2.75) is 45.4 Å². The number of piperazine rings is 1. The number of anilines is 1. The quantitative estimate of drug-likeness (QED) is 0.452. The molecule has 4 aromatic heterocycles. The molecule has 0 saturated carbocycles. The summed E-state index contributed by atoms with van der Waals surface area (Å²) < 4.78 is 6.16. The van der Waals surface area contributed by atoms with Gasteiger partial charge in [0, 0.05) is 49.3 Å². The average Bonchev–Trinajstić information content (AvgIpc) is 3.52. The second-order valence-electron chi connectivity index (χ2n) is 9.57. The molecule has 184 valence electrons. The molecule has 36 heavy (non-hydrogen) atoms. The van der Waals surface area contributed by atoms with Gasteiger partial charge < -0.3 is 14.9 Å². The molecule has 0 aliphatic carbocycles. The molecule has 0 radical (unpaired) electrons. The van der Waals surface area contributed by atoms with Gasteiger partial charge in [0.1, 0.15) is 23.6 Å². The Hall–Kier alpha value is -3.88. The van der Waals surface area contributed by atoms with Crippen molar-refractivity contribution in [2.75, 3.05) is 18.0 Å². The Morgan fingerprint density at radius 2 is 1.97 bits per heavy atom. The number of pyridine rings is 1. The molecule has 0 aromatic carbocycles. The maximum Gasteiger partial charge on any atom is 0.254 e. The van der Waals surface area contributed by atoms with Crippen LogP contribution in [0, 0.1) is 11.3 Å². The Labute approximate surface area is 212 Å². The summed E-state index contributed by atoms with van der Waals surface area (Å²) >= 11 is 1.38. The van der Waals surface area contributed by atoms with Gasteiger partial charge in [-0.05, 0) is 57.4 Å². The zero-order valence-corrected chi connectivity index (χ0v) is 21.3. The van der Waals surface area contributed by atoms with Gasteiger partial charge >= 0.3 is 0 Å². The molecule has 1 aliphatic heterocycles. The first-order valence-electron chi connectivity index (χ1n) is 11.6. The standard InChI is InChI=1S/C25H26N8O2S/c1-15-12-32(24(34)25(3,4)35)16(2)11-31(15)22-21-18(19-6-8-30-36-19)13-33(23(21)29-14-28-22)20-9-17(10-26)5-7-27-20/h5-9,13-16,35H,11-12H2,1-4H3/t15-,16+/m0/s1. The van der Waals surface area contributed by atoms with E-state index in [0.717, 1.165) is 21.6 Å². The monoisotopic (exact) mass is 502 g/mol. The van der Waals surface area contributed by atoms with E-state index in [2.05, 4.69) is 25.3 Å². The van der Waals surface area contributed by atoms with Crippen LogP contribution in [0.5, 0.6) is 0 Å². The summed E-state index contributed by atoms with van der Waals surface area (Å²) in [7, 11) is 0. The third-order valence-electron chi connectivity index (χ3n) is 6.43. The number of carbonyl (C=O) groups is 1. The van der Waals surface area contributed by atoms with Crippen LogP contribution in [0.15, 0.2) is 43.1 Å². The van der Waals surface area contributed by atoms with Gasteiger partial charge in [0.15, 0.2) is 5.65 Å². The number of nitrogens with zero attached hydrogens (tertiary/aromatic N) is 8. The van der Waals surface area contributed by atoms with E-state index in [-0.39, 0.29) is 18.0 Å². The van der Waals surface area contributed by atoms with Crippen molar-refractivity contribution in [3.05, 3.63) is 48.7 Å². The zero-order chi connectivity index (χ0) is 25.6. The van der Waals surface area contributed by atoms with E-state index in [4.69, 9.17) is 4.98 Å². The van der Waals surface area contributed by atoms with Crippen LogP contribution >= 0.6 is 11.5 Å². The molecule has 1 N–H and O–H groups in total. The highest BCUT2D eigenvalue weighted by Gasteiger charge is 2.39. The van der Waals surface area contributed by atoms with Crippen molar-refractivity contribution in [3.63, 3.8) is 0 Å². The lowest BCUT2D eigenvalue weighted by molar-refractivity contribution is -0.151. The van der Waals surface area contributed by atoms with Crippen molar-refractivity contribution in [3.8, 4) is 22.3 Å². The van der Waals surface area contributed by atoms with Gasteiger partial charge in [0.2, 0.25) is 0 Å². The SMILES string of the molecule is C[C@@H]1CN(c2ncnc3c2c(-c2ccns2)cn3-c2cc(C#N)ccn2)[C@@H](C)CN1C(=O)C(C)(C)O. The third-order valence-corrected chi connectivity index (χ3v) is 7.21. The van der Waals surface area contributed by atoms with E-state index in [9.17, 15) is 15.2 Å². The number of fused-ring (bicyclic) bond motifs is 1. The molecule has 4 aromatic rings. The Morgan fingerprint density at radius 3 is 2.67 bits per heavy atom. The molecule has 0 unspecified atom stereocenters. The van der Waals surface area contributed by atoms with E-state index in [1.165, 1.54) is 31.7 Å². The Morgan fingerprint density at radius 1 is 1.17 bits per heavy atom. The normalized spacial score (nSPS) is 18.4. The van der Waals surface area contributed by atoms with Crippen molar-refractivity contribution >= 4 is 34.3 Å². The summed E-state index contributed by atoms with van der Waals surface area (Å²) in [4.78, 5) is 31.5. The predicted octanol–water partition coefficient (Wildman–Crippen LogP) is 3.01. The molecule has 1 saturated heterocycles. The summed E-state index contributed by atoms with van der Waals surface area (Å²) in [5.41, 5.74) is 0.660. The predicted molar refractivity (Wildman–Crippen MR) is 137 cm³/mol. The van der Waals surface area contributed by atoms with Crippen molar-refractivity contribution in [1.29, 1.82) is 5.26 Å². The number of aliphatic hydroxyl groups is 1. The topological polar surface area (TPSA) is 124 Å². The molecule has 11 heteroatoms. The van der Waals surface area contributed by atoms with Crippen LogP contribution in [-0.2, 0) is 4.79 Å². The Balaban J connectivity index is 1.64. The van der Waals surface area contributed by atoms with Crippen molar-refractivity contribution < 1.29 is 9.90 Å². The molecule has 5 heterocycles. The highest BCUT2D eigenvalue weighted by atomic mass is 32.1. The van der Waals surface area contributed by atoms with Crippen molar-refractivity contribution in [1.82, 2.24) is 28.8 Å². The van der Waals surface area contributed by atoms with E-state index in [0.29, 0.717) is 30.1 Å². The number of hydrogen-bond donors (Lipinski definition) is 1. The number of carbonyl (C=O) groups excluding carboxylic acids is 1. The highest BCUT2D eigenvalue weighted by Crippen LogP contribution is 2.39. The second-order valence-corrected chi connectivity index (χ2v) is 10.4. The maximum atomic E-state index is 12.8. The molecule has 5 rings (SSSR count). The number of hydrogen-bond acceptors (Lipinski definition) is 9. The summed E-state index contributed by atoms with van der Waals surface area (Å²) in [6.45, 7) is 8.07. The van der Waals surface area contributed by atoms with Crippen LogP contribution in [0.4, 0.5) is 5.82 Å². The van der Waals surface area contributed by atoms with Crippen LogP contribution in [0.25, 0.3) is 27.3 Å². The van der Waals surface area contributed by atoms with Gasteiger partial charge in [-0.3, -0.25) is 9.36 Å². The van der Waals surface area contributed by atoms with Crippen LogP contribution < -0.4 is 4.90 Å². The lowest BCUT2D eigenvalue weighted by atomic mass is 10.0. The maximum absolute atomic E-state index is 12.8. The first kappa shape index (κ1) is 23.8. The molecule has 1 amide bonds. The summed E-state index contributed by atoms with van der Waals surface area (Å²) in [5.74, 6) is 1.06. The minimum atomic E-state index is -1.43. The Kier molecular flexibility index (Phi) is 5.94. The van der Waals surface area contributed by atoms with Gasteiger partial charge in [-0.15, -0.1) is 0 Å². The van der Waals surface area contributed by atoms with Gasteiger partial charge in [0.05, 0.1) is 21.9 Å². The van der Waals surface area contributed by atoms with Crippen LogP contribution in [-0.4, -0.2) is 70.6 Å². The van der Waals surface area contributed by atoms with E-state index in [1.54, 1.807) is 29.4 Å². The number of aromatic nitrogens is 5. The largest absolute Gasteiger partial charge is 0.381 e. The van der Waals surface area contributed by atoms with Gasteiger partial charge in [-0.1, -0.05) is 0 Å². The van der Waals surface area contributed by atoms with Gasteiger partial charge in [0.25, 0.3) is 5.91 Å². The fraction of sp³-hybridized carbons (Fsp3) is 0.360. The highest BCUT2D eigenvalue weighted by molar-refractivity contribution is 7.09. The molecule has 10 nitrogen and oxygen atoms in total. The summed E-state index contributed by atoms with van der Waals surface area (Å²) in [6, 6.07) is 7.32. The first-order valence-corrected chi connectivity index (χ1v) is 12.4. The molecule has 2 atom stereocenters. The smallest absolute Gasteiger partial charge is 0.254 e. The first-order chi connectivity index (χ1) is 17.2. The number of nitriles is 1. The molecule has 1 fully saturated rings. The third kappa shape index (κ3) is 4.08. The number of rotatable bonds is 4. The lowest BCUT2D eigenvalue weighted by Gasteiger charge is -2.46. The molecule has 0 bridgehead atoms. The zero-order valence-electron chi connectivity index (χ0n) is 20.5. The van der Waals surface area contributed by atoms with E-state index in [1.807, 2.05) is 30.7 Å². The Bertz CT molecular complexity index is 1470. The fourth-order valence-electron chi connectivity index (χ4n) is 4.66. The summed E-state index contributed by atoms with van der Waals surface area (Å²) in [5, 5.41) is 20.5. The fourth-order valence-corrected chi connectivity index (χ4v) is 5.27. The van der Waals surface area contributed by atoms with Gasteiger partial charge in [-0.25, -0.2) is 19.3 Å². The number of amides is 1. The van der Waals surface area contributed by atoms with Crippen LogP contribution in [0.3, 0.4) is 0 Å². The van der Waals surface area contributed by atoms with E-state index >= 15 is 0 Å². The second kappa shape index (κ2) is 8.96. The minimum absolute atomic E-state index is 0.0525. The molecular formula is C25H26N8O2S. The lowest BCUT2D eigenvalue weighted by Crippen LogP contribution is -2.61. The average molecular weight is 503 g/mol. The van der Waals surface area contributed by atoms with Crippen LogP contribution in [0.2, 0.25) is 0 Å². The molecular weight excluding hydrogens is 476 g/mol. The van der Waals surface area contributed by atoms with Crippen molar-refractivity contribution in [2.24, 2.45) is 0 Å². The summed E-state index contributed by atoms with van der Waals surface area (Å²) in [6.07, 6.45) is 6.86.